The van der Waals surface area contributed by atoms with E-state index in [-0.39, 0.29) is 0 Å². The average Bonchev–Trinajstić information content (AvgIpc) is 2.79. The minimum absolute atomic E-state index is 0.791. The first-order valence-electron chi connectivity index (χ1n) is 5.63. The maximum atomic E-state index is 5.61. The second-order valence-electron chi connectivity index (χ2n) is 3.68. The molecule has 0 aromatic carbocycles. The highest BCUT2D eigenvalue weighted by Crippen LogP contribution is 2.16. The van der Waals surface area contributed by atoms with E-state index < -0.39 is 0 Å². The van der Waals surface area contributed by atoms with Gasteiger partial charge in [0.05, 0.1) is 6.54 Å². The van der Waals surface area contributed by atoms with Gasteiger partial charge in [0, 0.05) is 17.8 Å². The van der Waals surface area contributed by atoms with Crippen LogP contribution in [0, 0.1) is 0 Å². The molecule has 0 unspecified atom stereocenters. The summed E-state index contributed by atoms with van der Waals surface area (Å²) in [6, 6.07) is 0. The highest BCUT2D eigenvalue weighted by molar-refractivity contribution is 7.99. The van der Waals surface area contributed by atoms with Crippen LogP contribution >= 0.6 is 23.4 Å². The molecule has 1 rings (SSSR count). The molecule has 96 valence electrons. The van der Waals surface area contributed by atoms with Crippen LogP contribution in [-0.2, 0) is 6.54 Å². The number of aromatic nitrogens is 4. The Balaban J connectivity index is 2.37. The van der Waals surface area contributed by atoms with Crippen LogP contribution < -0.4 is 5.32 Å². The summed E-state index contributed by atoms with van der Waals surface area (Å²) in [6.45, 7) is 6.83. The van der Waals surface area contributed by atoms with Crippen molar-refractivity contribution in [3.63, 3.8) is 0 Å². The van der Waals surface area contributed by atoms with E-state index in [1.807, 2.05) is 11.6 Å². The summed E-state index contributed by atoms with van der Waals surface area (Å²) in [4.78, 5) is 0. The number of nitrogens with one attached hydrogen (secondary N) is 1. The third-order valence-corrected chi connectivity index (χ3v) is 3.56. The van der Waals surface area contributed by atoms with Crippen molar-refractivity contribution in [2.45, 2.75) is 32.0 Å². The third kappa shape index (κ3) is 5.52. The van der Waals surface area contributed by atoms with Gasteiger partial charge in [-0.05, 0) is 30.3 Å². The first-order valence-corrected chi connectivity index (χ1v) is 7.05. The fraction of sp³-hybridized carbons (Fsp3) is 0.700. The van der Waals surface area contributed by atoms with Gasteiger partial charge in [0.2, 0.25) is 5.16 Å². The van der Waals surface area contributed by atoms with Crippen molar-refractivity contribution in [2.24, 2.45) is 0 Å². The Morgan fingerprint density at radius 2 is 2.35 bits per heavy atom. The molecule has 0 bridgehead atoms. The Morgan fingerprint density at radius 3 is 3.06 bits per heavy atom. The number of hydrogen-bond acceptors (Lipinski definition) is 5. The number of rotatable bonds is 8. The number of nitrogens with zero attached hydrogens (tertiary/aromatic N) is 4. The second kappa shape index (κ2) is 8.49. The molecule has 17 heavy (non-hydrogen) atoms. The van der Waals surface area contributed by atoms with Crippen LogP contribution in [0.2, 0.25) is 0 Å². The number of halogens is 1. The van der Waals surface area contributed by atoms with Crippen molar-refractivity contribution in [2.75, 3.05) is 18.8 Å². The van der Waals surface area contributed by atoms with Crippen molar-refractivity contribution in [3.8, 4) is 0 Å². The summed E-state index contributed by atoms with van der Waals surface area (Å²) >= 11 is 7.20. The van der Waals surface area contributed by atoms with Gasteiger partial charge in [-0.3, -0.25) is 0 Å². The Kier molecular flexibility index (Phi) is 7.23. The molecule has 0 spiro atoms. The zero-order valence-electron chi connectivity index (χ0n) is 10.2. The molecule has 0 aliphatic rings. The van der Waals surface area contributed by atoms with Crippen molar-refractivity contribution in [3.05, 3.63) is 11.1 Å². The van der Waals surface area contributed by atoms with Gasteiger partial charge in [-0.2, -0.15) is 0 Å². The fourth-order valence-electron chi connectivity index (χ4n) is 1.14. The molecule has 0 atom stereocenters. The zero-order valence-corrected chi connectivity index (χ0v) is 11.8. The van der Waals surface area contributed by atoms with Gasteiger partial charge in [0.15, 0.2) is 0 Å². The van der Waals surface area contributed by atoms with E-state index in [0.29, 0.717) is 0 Å². The summed E-state index contributed by atoms with van der Waals surface area (Å²) in [5.74, 6) is 0.812. The molecule has 1 aromatic rings. The van der Waals surface area contributed by atoms with E-state index in [4.69, 9.17) is 11.6 Å². The van der Waals surface area contributed by atoms with Crippen LogP contribution in [0.3, 0.4) is 0 Å². The summed E-state index contributed by atoms with van der Waals surface area (Å²) in [6.07, 6.45) is 1.14. The summed E-state index contributed by atoms with van der Waals surface area (Å²) in [7, 11) is 0. The van der Waals surface area contributed by atoms with Crippen LogP contribution in [0.1, 0.15) is 20.3 Å². The van der Waals surface area contributed by atoms with E-state index in [2.05, 4.69) is 27.8 Å². The van der Waals surface area contributed by atoms with Crippen molar-refractivity contribution < 1.29 is 0 Å². The molecule has 5 nitrogen and oxygen atoms in total. The molecule has 7 heteroatoms. The quantitative estimate of drug-likeness (QED) is 0.580. The van der Waals surface area contributed by atoms with Gasteiger partial charge in [-0.15, -0.1) is 5.10 Å². The topological polar surface area (TPSA) is 55.6 Å². The lowest BCUT2D eigenvalue weighted by Crippen LogP contribution is -2.21. The second-order valence-corrected chi connectivity index (χ2v) is 4.84. The van der Waals surface area contributed by atoms with E-state index in [1.165, 1.54) is 0 Å². The van der Waals surface area contributed by atoms with E-state index in [1.54, 1.807) is 17.3 Å². The van der Waals surface area contributed by atoms with Gasteiger partial charge in [0.1, 0.15) is 0 Å². The van der Waals surface area contributed by atoms with Crippen LogP contribution in [0.25, 0.3) is 0 Å². The van der Waals surface area contributed by atoms with Crippen LogP contribution in [0.15, 0.2) is 16.3 Å². The van der Waals surface area contributed by atoms with Crippen LogP contribution in [0.5, 0.6) is 0 Å². The largest absolute Gasteiger partial charge is 0.315 e. The molecule has 0 amide bonds. The van der Waals surface area contributed by atoms with Gasteiger partial charge in [-0.1, -0.05) is 35.9 Å². The first kappa shape index (κ1) is 14.5. The van der Waals surface area contributed by atoms with Crippen LogP contribution in [-0.4, -0.2) is 39.0 Å². The molecule has 0 saturated carbocycles. The number of thioether (sulfide) groups is 1. The lowest BCUT2D eigenvalue weighted by Gasteiger charge is -2.05. The normalized spacial score (nSPS) is 12.1. The molecular weight excluding hydrogens is 258 g/mol. The van der Waals surface area contributed by atoms with E-state index >= 15 is 0 Å². The van der Waals surface area contributed by atoms with Crippen LogP contribution in [0.4, 0.5) is 0 Å². The molecule has 1 heterocycles. The molecule has 1 N–H and O–H groups in total. The highest BCUT2D eigenvalue weighted by atomic mass is 35.5. The molecule has 0 radical (unpaired) electrons. The Bertz CT molecular complexity index is 352. The summed E-state index contributed by atoms with van der Waals surface area (Å²) < 4.78 is 1.81. The SMILES string of the molecule is CCCNCCn1nnnc1SCC(C)=CCl. The van der Waals surface area contributed by atoms with E-state index in [9.17, 15) is 0 Å². The van der Waals surface area contributed by atoms with E-state index in [0.717, 1.165) is 42.5 Å². The number of hydrogen-bond donors (Lipinski definition) is 1. The number of tetrazole rings is 1. The van der Waals surface area contributed by atoms with Crippen molar-refractivity contribution >= 4 is 23.4 Å². The lowest BCUT2D eigenvalue weighted by molar-refractivity contribution is 0.510. The Hall–Kier alpha value is -0.590. The van der Waals surface area contributed by atoms with Gasteiger partial charge in [-0.25, -0.2) is 4.68 Å². The lowest BCUT2D eigenvalue weighted by atomic mass is 10.4. The Labute approximate surface area is 111 Å². The van der Waals surface area contributed by atoms with Gasteiger partial charge >= 0.3 is 0 Å². The van der Waals surface area contributed by atoms with Gasteiger partial charge < -0.3 is 5.32 Å². The third-order valence-electron chi connectivity index (χ3n) is 2.04. The fourth-order valence-corrected chi connectivity index (χ4v) is 2.12. The predicted molar refractivity (Wildman–Crippen MR) is 71.3 cm³/mol. The monoisotopic (exact) mass is 275 g/mol. The van der Waals surface area contributed by atoms with Crippen molar-refractivity contribution in [1.29, 1.82) is 0 Å². The summed E-state index contributed by atoms with van der Waals surface area (Å²) in [5, 5.41) is 15.8. The van der Waals surface area contributed by atoms with Crippen molar-refractivity contribution in [1.82, 2.24) is 25.5 Å². The maximum absolute atomic E-state index is 5.61. The standard InChI is InChI=1S/C10H18ClN5S/c1-3-4-12-5-6-16-10(13-14-15-16)17-8-9(2)7-11/h7,12H,3-6,8H2,1-2H3. The molecule has 0 aliphatic heterocycles. The smallest absolute Gasteiger partial charge is 0.209 e. The minimum atomic E-state index is 0.791. The Morgan fingerprint density at radius 1 is 1.53 bits per heavy atom. The average molecular weight is 276 g/mol. The predicted octanol–water partition coefficient (Wildman–Crippen LogP) is 1.91. The molecule has 0 saturated heterocycles. The molecule has 1 aromatic heterocycles. The zero-order chi connectivity index (χ0) is 12.5. The highest BCUT2D eigenvalue weighted by Gasteiger charge is 2.06. The molecule has 0 fully saturated rings. The first-order chi connectivity index (χ1) is 8.27. The maximum Gasteiger partial charge on any atom is 0.209 e. The molecule has 0 aliphatic carbocycles. The molecular formula is C10H18ClN5S. The summed E-state index contributed by atoms with van der Waals surface area (Å²) in [5.41, 5.74) is 2.69. The minimum Gasteiger partial charge on any atom is -0.315 e. The van der Waals surface area contributed by atoms with Gasteiger partial charge in [0.25, 0.3) is 0 Å².